The molecule has 2 aromatic carbocycles. The Hall–Kier alpha value is -1.45. The van der Waals surface area contributed by atoms with E-state index in [1.807, 2.05) is 36.4 Å². The average Bonchev–Trinajstić information content (AvgIpc) is 2.69. The molecule has 0 saturated heterocycles. The first kappa shape index (κ1) is 21.8. The quantitative estimate of drug-likeness (QED) is 0.266. The second-order valence-corrected chi connectivity index (χ2v) is 8.17. The van der Waals surface area contributed by atoms with Crippen molar-refractivity contribution in [1.82, 2.24) is 0 Å². The van der Waals surface area contributed by atoms with E-state index in [0.717, 1.165) is 23.7 Å². The van der Waals surface area contributed by atoms with Gasteiger partial charge in [-0.1, -0.05) is 63.5 Å². The summed E-state index contributed by atoms with van der Waals surface area (Å²) in [6.07, 6.45) is 10.3. The largest absolute Gasteiger partial charge is 0.494 e. The minimum atomic E-state index is 0.0203. The number of carbonyl (C=O) groups is 1. The first-order valence-corrected chi connectivity index (χ1v) is 11.1. The Bertz CT molecular complexity index is 668. The normalized spacial score (nSPS) is 10.7. The number of carbonyl (C=O) groups excluding carboxylic acids is 1. The highest BCUT2D eigenvalue weighted by molar-refractivity contribution is 8.14. The van der Waals surface area contributed by atoms with E-state index < -0.39 is 0 Å². The summed E-state index contributed by atoms with van der Waals surface area (Å²) in [6.45, 7) is 2.99. The summed E-state index contributed by atoms with van der Waals surface area (Å²) in [4.78, 5) is 13.2. The van der Waals surface area contributed by atoms with Crippen LogP contribution in [0.4, 0.5) is 0 Å². The van der Waals surface area contributed by atoms with E-state index in [1.54, 1.807) is 12.1 Å². The number of hydrogen-bond donors (Lipinski definition) is 0. The Kier molecular flexibility index (Phi) is 10.4. The van der Waals surface area contributed by atoms with Gasteiger partial charge in [-0.15, -0.1) is 0 Å². The third-order valence-electron chi connectivity index (χ3n) is 4.38. The Morgan fingerprint density at radius 2 is 1.44 bits per heavy atom. The van der Waals surface area contributed by atoms with Gasteiger partial charge in [-0.05, 0) is 66.7 Å². The molecule has 0 atom stereocenters. The molecular formula is C23H29ClO2S. The highest BCUT2D eigenvalue weighted by Crippen LogP contribution is 2.25. The van der Waals surface area contributed by atoms with E-state index in [1.165, 1.54) is 56.7 Å². The Labute approximate surface area is 172 Å². The standard InChI is InChI=1S/C23H29ClO2S/c1-2-3-4-5-6-7-8-9-18-26-21-14-10-19(11-15-21)23(25)27-22-16-12-20(24)13-17-22/h10-17H,2-9,18H2,1H3. The lowest BCUT2D eigenvalue weighted by Gasteiger charge is -2.07. The van der Waals surface area contributed by atoms with E-state index in [4.69, 9.17) is 16.3 Å². The Morgan fingerprint density at radius 3 is 2.07 bits per heavy atom. The molecule has 146 valence electrons. The van der Waals surface area contributed by atoms with Gasteiger partial charge < -0.3 is 4.74 Å². The first-order valence-electron chi connectivity index (χ1n) is 9.89. The predicted octanol–water partition coefficient (Wildman–Crippen LogP) is 7.79. The molecule has 0 fully saturated rings. The van der Waals surface area contributed by atoms with Crippen LogP contribution < -0.4 is 4.74 Å². The Balaban J connectivity index is 1.64. The average molecular weight is 405 g/mol. The van der Waals surface area contributed by atoms with Crippen LogP contribution >= 0.6 is 23.4 Å². The van der Waals surface area contributed by atoms with Crippen LogP contribution in [0.1, 0.15) is 68.6 Å². The smallest absolute Gasteiger partial charge is 0.224 e. The molecule has 0 radical (unpaired) electrons. The van der Waals surface area contributed by atoms with Crippen molar-refractivity contribution in [3.05, 3.63) is 59.1 Å². The van der Waals surface area contributed by atoms with Gasteiger partial charge in [0.1, 0.15) is 5.75 Å². The molecule has 0 N–H and O–H groups in total. The zero-order valence-electron chi connectivity index (χ0n) is 16.1. The second kappa shape index (κ2) is 12.9. The molecule has 0 aromatic heterocycles. The maximum atomic E-state index is 12.3. The number of benzene rings is 2. The van der Waals surface area contributed by atoms with Crippen LogP contribution in [0.3, 0.4) is 0 Å². The van der Waals surface area contributed by atoms with E-state index in [2.05, 4.69) is 6.92 Å². The van der Waals surface area contributed by atoms with Gasteiger partial charge in [-0.25, -0.2) is 0 Å². The lowest BCUT2D eigenvalue weighted by atomic mass is 10.1. The van der Waals surface area contributed by atoms with Gasteiger partial charge in [-0.3, -0.25) is 4.79 Å². The Morgan fingerprint density at radius 1 is 0.852 bits per heavy atom. The number of halogens is 1. The third kappa shape index (κ3) is 8.85. The van der Waals surface area contributed by atoms with E-state index in [-0.39, 0.29) is 5.12 Å². The minimum Gasteiger partial charge on any atom is -0.494 e. The van der Waals surface area contributed by atoms with Gasteiger partial charge in [0, 0.05) is 15.5 Å². The van der Waals surface area contributed by atoms with Crippen molar-refractivity contribution in [1.29, 1.82) is 0 Å². The van der Waals surface area contributed by atoms with E-state index in [9.17, 15) is 4.79 Å². The van der Waals surface area contributed by atoms with Crippen molar-refractivity contribution in [2.24, 2.45) is 0 Å². The van der Waals surface area contributed by atoms with Crippen LogP contribution in [0.5, 0.6) is 5.75 Å². The maximum Gasteiger partial charge on any atom is 0.224 e. The van der Waals surface area contributed by atoms with Gasteiger partial charge in [0.25, 0.3) is 0 Å². The molecule has 4 heteroatoms. The molecule has 0 aliphatic heterocycles. The third-order valence-corrected chi connectivity index (χ3v) is 5.56. The molecule has 0 aliphatic rings. The van der Waals surface area contributed by atoms with E-state index in [0.29, 0.717) is 10.6 Å². The number of rotatable bonds is 12. The van der Waals surface area contributed by atoms with Crippen molar-refractivity contribution >= 4 is 28.5 Å². The van der Waals surface area contributed by atoms with Crippen LogP contribution in [0.25, 0.3) is 0 Å². The maximum absolute atomic E-state index is 12.3. The zero-order valence-corrected chi connectivity index (χ0v) is 17.7. The topological polar surface area (TPSA) is 26.3 Å². The predicted molar refractivity (Wildman–Crippen MR) is 116 cm³/mol. The van der Waals surface area contributed by atoms with Crippen molar-refractivity contribution in [3.63, 3.8) is 0 Å². The molecule has 0 heterocycles. The molecular weight excluding hydrogens is 376 g/mol. The van der Waals surface area contributed by atoms with Crippen molar-refractivity contribution in [2.75, 3.05) is 6.61 Å². The molecule has 0 aliphatic carbocycles. The van der Waals surface area contributed by atoms with Crippen LogP contribution in [0.2, 0.25) is 5.02 Å². The fraction of sp³-hybridized carbons (Fsp3) is 0.435. The molecule has 2 aromatic rings. The van der Waals surface area contributed by atoms with Crippen LogP contribution in [0, 0.1) is 0 Å². The first-order chi connectivity index (χ1) is 13.2. The van der Waals surface area contributed by atoms with Gasteiger partial charge in [0.05, 0.1) is 6.61 Å². The summed E-state index contributed by atoms with van der Waals surface area (Å²) in [7, 11) is 0. The fourth-order valence-corrected chi connectivity index (χ4v) is 3.65. The number of unbranched alkanes of at least 4 members (excludes halogenated alkanes) is 7. The monoisotopic (exact) mass is 404 g/mol. The molecule has 2 nitrogen and oxygen atoms in total. The highest BCUT2D eigenvalue weighted by atomic mass is 35.5. The number of ether oxygens (including phenoxy) is 1. The lowest BCUT2D eigenvalue weighted by Crippen LogP contribution is -1.98. The molecule has 0 saturated carbocycles. The van der Waals surface area contributed by atoms with Gasteiger partial charge in [0.15, 0.2) is 0 Å². The minimum absolute atomic E-state index is 0.0203. The SMILES string of the molecule is CCCCCCCCCCOc1ccc(C(=O)Sc2ccc(Cl)cc2)cc1. The summed E-state index contributed by atoms with van der Waals surface area (Å²) in [5, 5.41) is 0.691. The molecule has 2 rings (SSSR count). The molecule has 0 amide bonds. The second-order valence-electron chi connectivity index (χ2n) is 6.69. The summed E-state index contributed by atoms with van der Waals surface area (Å²) in [6, 6.07) is 14.7. The molecule has 0 bridgehead atoms. The molecule has 27 heavy (non-hydrogen) atoms. The highest BCUT2D eigenvalue weighted by Gasteiger charge is 2.08. The number of hydrogen-bond acceptors (Lipinski definition) is 3. The summed E-state index contributed by atoms with van der Waals surface area (Å²) < 4.78 is 5.78. The van der Waals surface area contributed by atoms with Gasteiger partial charge in [-0.2, -0.15) is 0 Å². The van der Waals surface area contributed by atoms with Gasteiger partial charge in [0.2, 0.25) is 5.12 Å². The summed E-state index contributed by atoms with van der Waals surface area (Å²) >= 11 is 7.08. The van der Waals surface area contributed by atoms with Crippen molar-refractivity contribution in [2.45, 2.75) is 63.2 Å². The van der Waals surface area contributed by atoms with Crippen molar-refractivity contribution < 1.29 is 9.53 Å². The fourth-order valence-electron chi connectivity index (χ4n) is 2.78. The number of thioether (sulfide) groups is 1. The molecule has 0 unspecified atom stereocenters. The van der Waals surface area contributed by atoms with Crippen molar-refractivity contribution in [3.8, 4) is 5.75 Å². The lowest BCUT2D eigenvalue weighted by molar-refractivity contribution is 0.108. The van der Waals surface area contributed by atoms with Crippen LogP contribution in [-0.4, -0.2) is 11.7 Å². The van der Waals surface area contributed by atoms with Crippen LogP contribution in [-0.2, 0) is 0 Å². The van der Waals surface area contributed by atoms with Crippen LogP contribution in [0.15, 0.2) is 53.4 Å². The van der Waals surface area contributed by atoms with Gasteiger partial charge >= 0.3 is 0 Å². The summed E-state index contributed by atoms with van der Waals surface area (Å²) in [5.41, 5.74) is 0.675. The molecule has 0 spiro atoms. The van der Waals surface area contributed by atoms with E-state index >= 15 is 0 Å². The summed E-state index contributed by atoms with van der Waals surface area (Å²) in [5.74, 6) is 0.825. The zero-order chi connectivity index (χ0) is 19.3.